The minimum Gasteiger partial charge on any atom is -0.397 e. The third kappa shape index (κ3) is 24.6. The van der Waals surface area contributed by atoms with Gasteiger partial charge in [0.05, 0.1) is 0 Å². The number of unbranched alkanes of at least 4 members (excludes halogenated alkanes) is 4. The minimum atomic E-state index is -0.170. The second-order valence-electron chi connectivity index (χ2n) is 2.95. The number of aliphatic hydroxyl groups is 1. The molecule has 0 heterocycles. The van der Waals surface area contributed by atoms with Crippen molar-refractivity contribution < 1.29 is 9.90 Å². The number of primary amides is 1. The van der Waals surface area contributed by atoms with Crippen molar-refractivity contribution in [3.8, 4) is 0 Å². The Morgan fingerprint density at radius 3 is 2.00 bits per heavy atom. The van der Waals surface area contributed by atoms with Crippen LogP contribution in [0.3, 0.4) is 0 Å². The van der Waals surface area contributed by atoms with Crippen LogP contribution in [0.25, 0.3) is 0 Å². The summed E-state index contributed by atoms with van der Waals surface area (Å²) in [6, 6.07) is 0. The fourth-order valence-corrected chi connectivity index (χ4v) is 0.903. The van der Waals surface area contributed by atoms with Crippen LogP contribution < -0.4 is 5.73 Å². The van der Waals surface area contributed by atoms with E-state index >= 15 is 0 Å². The van der Waals surface area contributed by atoms with E-state index in [1.54, 1.807) is 6.92 Å². The van der Waals surface area contributed by atoms with Crippen LogP contribution >= 0.6 is 0 Å². The molecule has 0 unspecified atom stereocenters. The molecule has 3 heteroatoms. The molecule has 0 aliphatic rings. The first-order valence-electron chi connectivity index (χ1n) is 5.08. The van der Waals surface area contributed by atoms with Gasteiger partial charge >= 0.3 is 0 Å². The Hall–Kier alpha value is -0.570. The molecule has 0 atom stereocenters. The normalized spacial score (nSPS) is 8.85. The summed E-state index contributed by atoms with van der Waals surface area (Å²) < 4.78 is 0. The summed E-state index contributed by atoms with van der Waals surface area (Å²) in [5.74, 6) is -0.170. The number of carbonyl (C=O) groups excluding carboxylic acids is 1. The molecule has 0 aliphatic carbocycles. The summed E-state index contributed by atoms with van der Waals surface area (Å²) in [5.41, 5.74) is 4.97. The molecule has 0 aliphatic heterocycles. The van der Waals surface area contributed by atoms with E-state index in [0.717, 1.165) is 12.8 Å². The zero-order valence-corrected chi connectivity index (χ0v) is 8.88. The molecule has 0 saturated heterocycles. The third-order valence-corrected chi connectivity index (χ3v) is 1.53. The highest BCUT2D eigenvalue weighted by molar-refractivity contribution is 5.73. The summed E-state index contributed by atoms with van der Waals surface area (Å²) in [6.45, 7) is 4.11. The van der Waals surface area contributed by atoms with Gasteiger partial charge in [0.25, 0.3) is 0 Å². The van der Waals surface area contributed by atoms with E-state index in [4.69, 9.17) is 10.8 Å². The lowest BCUT2D eigenvalue weighted by atomic mass is 10.1. The maximum Gasteiger partial charge on any atom is 0.217 e. The molecule has 0 aromatic heterocycles. The quantitative estimate of drug-likeness (QED) is 0.626. The zero-order chi connectivity index (χ0) is 10.5. The van der Waals surface area contributed by atoms with E-state index in [2.05, 4.69) is 6.92 Å². The average molecular weight is 189 g/mol. The zero-order valence-electron chi connectivity index (χ0n) is 8.88. The van der Waals surface area contributed by atoms with Crippen molar-refractivity contribution in [2.75, 3.05) is 6.61 Å². The second kappa shape index (κ2) is 14.0. The highest BCUT2D eigenvalue weighted by Crippen LogP contribution is 2.03. The van der Waals surface area contributed by atoms with Crippen LogP contribution in [0.5, 0.6) is 0 Å². The predicted molar refractivity (Wildman–Crippen MR) is 55.3 cm³/mol. The summed E-state index contributed by atoms with van der Waals surface area (Å²) in [6.07, 6.45) is 6.44. The van der Waals surface area contributed by atoms with E-state index in [0.29, 0.717) is 6.42 Å². The maximum atomic E-state index is 10.3. The fourth-order valence-electron chi connectivity index (χ4n) is 0.903. The van der Waals surface area contributed by atoms with Crippen molar-refractivity contribution in [2.45, 2.75) is 52.4 Å². The van der Waals surface area contributed by atoms with Gasteiger partial charge in [0.15, 0.2) is 0 Å². The molecule has 0 aromatic carbocycles. The number of hydrogen-bond donors (Lipinski definition) is 2. The van der Waals surface area contributed by atoms with Crippen molar-refractivity contribution in [1.29, 1.82) is 0 Å². The van der Waals surface area contributed by atoms with Gasteiger partial charge < -0.3 is 10.8 Å². The number of nitrogens with two attached hydrogens (primary N) is 1. The molecule has 0 spiro atoms. The van der Waals surface area contributed by atoms with Crippen molar-refractivity contribution in [1.82, 2.24) is 0 Å². The van der Waals surface area contributed by atoms with Gasteiger partial charge in [-0.15, -0.1) is 0 Å². The molecular weight excluding hydrogens is 166 g/mol. The van der Waals surface area contributed by atoms with Crippen molar-refractivity contribution >= 4 is 5.91 Å². The molecule has 0 aromatic rings. The van der Waals surface area contributed by atoms with Gasteiger partial charge in [-0.1, -0.05) is 32.6 Å². The van der Waals surface area contributed by atoms with Gasteiger partial charge in [-0.25, -0.2) is 0 Å². The molecule has 3 nitrogen and oxygen atoms in total. The molecule has 80 valence electrons. The standard InChI is InChI=1S/C8H17NO.C2H6O/c1-2-3-4-5-6-7-8(9)10;1-2-3/h2-7H2,1H3,(H2,9,10);3H,2H2,1H3. The van der Waals surface area contributed by atoms with Gasteiger partial charge in [0.1, 0.15) is 0 Å². The average Bonchev–Trinajstić information content (AvgIpc) is 2.05. The van der Waals surface area contributed by atoms with Crippen LogP contribution in [-0.4, -0.2) is 17.6 Å². The largest absolute Gasteiger partial charge is 0.397 e. The van der Waals surface area contributed by atoms with Gasteiger partial charge in [0, 0.05) is 13.0 Å². The summed E-state index contributed by atoms with van der Waals surface area (Å²) in [5, 5.41) is 7.57. The fraction of sp³-hybridized carbons (Fsp3) is 0.900. The maximum absolute atomic E-state index is 10.3. The number of hydrogen-bond acceptors (Lipinski definition) is 2. The molecule has 0 radical (unpaired) electrons. The van der Waals surface area contributed by atoms with Crippen LogP contribution in [0.15, 0.2) is 0 Å². The van der Waals surface area contributed by atoms with E-state index in [1.807, 2.05) is 0 Å². The van der Waals surface area contributed by atoms with Crippen LogP contribution in [0.1, 0.15) is 52.4 Å². The van der Waals surface area contributed by atoms with Gasteiger partial charge in [-0.2, -0.15) is 0 Å². The van der Waals surface area contributed by atoms with Gasteiger partial charge in [-0.05, 0) is 13.3 Å². The Bertz CT molecular complexity index is 105. The third-order valence-electron chi connectivity index (χ3n) is 1.53. The summed E-state index contributed by atoms with van der Waals surface area (Å²) >= 11 is 0. The molecule has 1 amide bonds. The van der Waals surface area contributed by atoms with E-state index in [-0.39, 0.29) is 12.5 Å². The second-order valence-corrected chi connectivity index (χ2v) is 2.95. The first-order chi connectivity index (χ1) is 6.18. The smallest absolute Gasteiger partial charge is 0.217 e. The van der Waals surface area contributed by atoms with E-state index in [9.17, 15) is 4.79 Å². The first kappa shape index (κ1) is 14.9. The van der Waals surface area contributed by atoms with Crippen LogP contribution in [0.2, 0.25) is 0 Å². The van der Waals surface area contributed by atoms with Crippen molar-refractivity contribution in [3.63, 3.8) is 0 Å². The summed E-state index contributed by atoms with van der Waals surface area (Å²) in [4.78, 5) is 10.3. The van der Waals surface area contributed by atoms with E-state index < -0.39 is 0 Å². The molecule has 3 N–H and O–H groups in total. The Morgan fingerprint density at radius 1 is 1.15 bits per heavy atom. The topological polar surface area (TPSA) is 63.3 Å². The lowest BCUT2D eigenvalue weighted by Crippen LogP contribution is -2.09. The Balaban J connectivity index is 0. The van der Waals surface area contributed by atoms with Crippen LogP contribution in [-0.2, 0) is 4.79 Å². The number of aliphatic hydroxyl groups excluding tert-OH is 1. The summed E-state index contributed by atoms with van der Waals surface area (Å²) in [7, 11) is 0. The highest BCUT2D eigenvalue weighted by atomic mass is 16.2. The van der Waals surface area contributed by atoms with Gasteiger partial charge in [-0.3, -0.25) is 4.79 Å². The number of amides is 1. The lowest BCUT2D eigenvalue weighted by Gasteiger charge is -1.95. The minimum absolute atomic E-state index is 0.170. The molecule has 0 saturated carbocycles. The molecule has 0 bridgehead atoms. The van der Waals surface area contributed by atoms with Gasteiger partial charge in [0.2, 0.25) is 5.91 Å². The Kier molecular flexibility index (Phi) is 16.1. The lowest BCUT2D eigenvalue weighted by molar-refractivity contribution is -0.118. The van der Waals surface area contributed by atoms with Crippen LogP contribution in [0, 0.1) is 0 Å². The number of carbonyl (C=O) groups is 1. The molecule has 13 heavy (non-hydrogen) atoms. The first-order valence-corrected chi connectivity index (χ1v) is 5.08. The highest BCUT2D eigenvalue weighted by Gasteiger charge is 1.92. The Labute approximate surface area is 81.3 Å². The molecule has 0 rings (SSSR count). The molecular formula is C10H23NO2. The predicted octanol–water partition coefficient (Wildman–Crippen LogP) is 1.83. The monoisotopic (exact) mass is 189 g/mol. The van der Waals surface area contributed by atoms with Crippen LogP contribution in [0.4, 0.5) is 0 Å². The SMILES string of the molecule is CCCCCCCC(N)=O.CCO. The number of rotatable bonds is 6. The van der Waals surface area contributed by atoms with E-state index in [1.165, 1.54) is 19.3 Å². The van der Waals surface area contributed by atoms with Crippen molar-refractivity contribution in [3.05, 3.63) is 0 Å². The Morgan fingerprint density at radius 2 is 1.62 bits per heavy atom. The van der Waals surface area contributed by atoms with Crippen molar-refractivity contribution in [2.24, 2.45) is 5.73 Å². The molecule has 0 fully saturated rings.